The van der Waals surface area contributed by atoms with Crippen LogP contribution >= 0.6 is 11.6 Å². The van der Waals surface area contributed by atoms with Gasteiger partial charge in [-0.3, -0.25) is 14.4 Å². The number of benzene rings is 2. The van der Waals surface area contributed by atoms with Crippen molar-refractivity contribution < 1.29 is 14.4 Å². The van der Waals surface area contributed by atoms with Gasteiger partial charge in [0.25, 0.3) is 17.7 Å². The Hall–Kier alpha value is -4.30. The SMILES string of the molecule is O=C(Nc1ccc(N2C(=O)c3ccccc3C2=O)c(Cl)c1)c1ccc(-n2cccn2)nc1. The van der Waals surface area contributed by atoms with E-state index < -0.39 is 11.8 Å². The van der Waals surface area contributed by atoms with Crippen LogP contribution in [0.2, 0.25) is 5.02 Å². The van der Waals surface area contributed by atoms with Crippen LogP contribution in [0.3, 0.4) is 0 Å². The van der Waals surface area contributed by atoms with Crippen molar-refractivity contribution in [3.05, 3.63) is 101 Å². The third kappa shape index (κ3) is 3.32. The lowest BCUT2D eigenvalue weighted by atomic mass is 10.1. The van der Waals surface area contributed by atoms with E-state index in [-0.39, 0.29) is 16.6 Å². The van der Waals surface area contributed by atoms with Crippen molar-refractivity contribution in [3.8, 4) is 5.82 Å². The molecule has 0 fully saturated rings. The van der Waals surface area contributed by atoms with Gasteiger partial charge in [-0.25, -0.2) is 14.6 Å². The van der Waals surface area contributed by atoms with Gasteiger partial charge in [-0.2, -0.15) is 5.10 Å². The number of anilines is 2. The molecule has 0 spiro atoms. The first-order chi connectivity index (χ1) is 15.5. The smallest absolute Gasteiger partial charge is 0.266 e. The van der Waals surface area contributed by atoms with Gasteiger partial charge in [0.2, 0.25) is 0 Å². The Kier molecular flexibility index (Phi) is 4.76. The van der Waals surface area contributed by atoms with Crippen LogP contribution in [-0.4, -0.2) is 32.5 Å². The summed E-state index contributed by atoms with van der Waals surface area (Å²) in [5.41, 5.74) is 1.67. The predicted octanol–water partition coefficient (Wildman–Crippen LogP) is 3.97. The molecule has 1 aliphatic heterocycles. The summed E-state index contributed by atoms with van der Waals surface area (Å²) in [6.45, 7) is 0. The van der Waals surface area contributed by atoms with E-state index >= 15 is 0 Å². The molecule has 0 bridgehead atoms. The Morgan fingerprint density at radius 1 is 0.938 bits per heavy atom. The van der Waals surface area contributed by atoms with E-state index in [9.17, 15) is 14.4 Å². The quantitative estimate of drug-likeness (QED) is 0.481. The molecule has 9 heteroatoms. The molecule has 1 N–H and O–H groups in total. The minimum atomic E-state index is -0.437. The molecule has 2 aromatic heterocycles. The lowest BCUT2D eigenvalue weighted by molar-refractivity contribution is 0.0924. The summed E-state index contributed by atoms with van der Waals surface area (Å²) >= 11 is 6.37. The lowest BCUT2D eigenvalue weighted by Crippen LogP contribution is -2.29. The van der Waals surface area contributed by atoms with Crippen LogP contribution in [0.25, 0.3) is 5.82 Å². The zero-order valence-electron chi connectivity index (χ0n) is 16.4. The van der Waals surface area contributed by atoms with Gasteiger partial charge < -0.3 is 5.32 Å². The summed E-state index contributed by atoms with van der Waals surface area (Å²) < 4.78 is 1.58. The summed E-state index contributed by atoms with van der Waals surface area (Å²) in [6.07, 6.45) is 4.83. The van der Waals surface area contributed by atoms with E-state index in [1.165, 1.54) is 18.3 Å². The summed E-state index contributed by atoms with van der Waals surface area (Å²) in [5.74, 6) is -0.672. The summed E-state index contributed by atoms with van der Waals surface area (Å²) in [5, 5.41) is 6.98. The third-order valence-corrected chi connectivity index (χ3v) is 5.29. The number of aromatic nitrogens is 3. The molecule has 0 saturated carbocycles. The molecule has 3 amide bonds. The molecule has 3 heterocycles. The van der Waals surface area contributed by atoms with Crippen molar-refractivity contribution >= 4 is 40.7 Å². The Bertz CT molecular complexity index is 1330. The first-order valence-electron chi connectivity index (χ1n) is 9.58. The van der Waals surface area contributed by atoms with Gasteiger partial charge in [-0.05, 0) is 48.5 Å². The molecule has 4 aromatic rings. The fourth-order valence-electron chi connectivity index (χ4n) is 3.44. The highest BCUT2D eigenvalue weighted by Crippen LogP contribution is 2.34. The van der Waals surface area contributed by atoms with E-state index in [2.05, 4.69) is 15.4 Å². The van der Waals surface area contributed by atoms with Crippen LogP contribution in [0.5, 0.6) is 0 Å². The monoisotopic (exact) mass is 443 g/mol. The fourth-order valence-corrected chi connectivity index (χ4v) is 3.70. The molecule has 0 radical (unpaired) electrons. The highest BCUT2D eigenvalue weighted by molar-refractivity contribution is 6.40. The van der Waals surface area contributed by atoms with Gasteiger partial charge in [-0.15, -0.1) is 0 Å². The second kappa shape index (κ2) is 7.75. The zero-order chi connectivity index (χ0) is 22.2. The maximum Gasteiger partial charge on any atom is 0.266 e. The number of fused-ring (bicyclic) bond motifs is 1. The number of carbonyl (C=O) groups is 3. The minimum absolute atomic E-state index is 0.157. The van der Waals surface area contributed by atoms with Gasteiger partial charge in [0, 0.05) is 24.3 Å². The van der Waals surface area contributed by atoms with Crippen LogP contribution in [0.15, 0.2) is 79.3 Å². The Morgan fingerprint density at radius 2 is 1.69 bits per heavy atom. The molecule has 8 nitrogen and oxygen atoms in total. The Labute approximate surface area is 187 Å². The number of rotatable bonds is 4. The van der Waals surface area contributed by atoms with Crippen LogP contribution < -0.4 is 10.2 Å². The molecule has 2 aromatic carbocycles. The minimum Gasteiger partial charge on any atom is -0.322 e. The topological polar surface area (TPSA) is 97.2 Å². The molecular formula is C23H14ClN5O3. The number of nitrogens with one attached hydrogen (secondary N) is 1. The highest BCUT2D eigenvalue weighted by Gasteiger charge is 2.37. The Balaban J connectivity index is 1.34. The molecular weight excluding hydrogens is 430 g/mol. The normalized spacial score (nSPS) is 12.7. The van der Waals surface area contributed by atoms with Gasteiger partial charge in [0.05, 0.1) is 27.4 Å². The Morgan fingerprint density at radius 3 is 2.28 bits per heavy atom. The highest BCUT2D eigenvalue weighted by atomic mass is 35.5. The number of pyridine rings is 1. The number of hydrogen-bond donors (Lipinski definition) is 1. The van der Waals surface area contributed by atoms with E-state index in [4.69, 9.17) is 11.6 Å². The average Bonchev–Trinajstić information content (AvgIpc) is 3.43. The van der Waals surface area contributed by atoms with Crippen LogP contribution in [0, 0.1) is 0 Å². The first-order valence-corrected chi connectivity index (χ1v) is 9.95. The van der Waals surface area contributed by atoms with E-state index in [1.54, 1.807) is 65.6 Å². The largest absolute Gasteiger partial charge is 0.322 e. The fraction of sp³-hybridized carbons (Fsp3) is 0. The van der Waals surface area contributed by atoms with Gasteiger partial charge in [-0.1, -0.05) is 23.7 Å². The molecule has 5 rings (SSSR count). The first kappa shape index (κ1) is 19.7. The number of imide groups is 1. The van der Waals surface area contributed by atoms with Crippen molar-refractivity contribution in [1.82, 2.24) is 14.8 Å². The maximum absolute atomic E-state index is 12.7. The van der Waals surface area contributed by atoms with Crippen molar-refractivity contribution in [3.63, 3.8) is 0 Å². The number of hydrogen-bond acceptors (Lipinski definition) is 5. The lowest BCUT2D eigenvalue weighted by Gasteiger charge is -2.16. The second-order valence-corrected chi connectivity index (χ2v) is 7.37. The number of carbonyl (C=O) groups excluding carboxylic acids is 3. The van der Waals surface area contributed by atoms with E-state index in [0.29, 0.717) is 28.2 Å². The summed E-state index contributed by atoms with van der Waals surface area (Å²) in [7, 11) is 0. The van der Waals surface area contributed by atoms with Gasteiger partial charge >= 0.3 is 0 Å². The van der Waals surface area contributed by atoms with E-state index in [0.717, 1.165) is 4.90 Å². The van der Waals surface area contributed by atoms with Crippen LogP contribution in [-0.2, 0) is 0 Å². The molecule has 1 aliphatic rings. The molecule has 0 unspecified atom stereocenters. The number of nitrogens with zero attached hydrogens (tertiary/aromatic N) is 4. The van der Waals surface area contributed by atoms with Gasteiger partial charge in [0.1, 0.15) is 0 Å². The summed E-state index contributed by atoms with van der Waals surface area (Å²) in [6, 6.07) is 16.3. The molecule has 0 saturated heterocycles. The molecule has 0 aliphatic carbocycles. The van der Waals surface area contributed by atoms with E-state index in [1.807, 2.05) is 0 Å². The van der Waals surface area contributed by atoms with Crippen molar-refractivity contribution in [2.75, 3.05) is 10.2 Å². The number of halogens is 1. The third-order valence-electron chi connectivity index (χ3n) is 4.99. The van der Waals surface area contributed by atoms with Crippen LogP contribution in [0.1, 0.15) is 31.1 Å². The molecule has 32 heavy (non-hydrogen) atoms. The van der Waals surface area contributed by atoms with Crippen molar-refractivity contribution in [2.24, 2.45) is 0 Å². The second-order valence-electron chi connectivity index (χ2n) is 6.97. The zero-order valence-corrected chi connectivity index (χ0v) is 17.2. The van der Waals surface area contributed by atoms with Gasteiger partial charge in [0.15, 0.2) is 5.82 Å². The average molecular weight is 444 g/mol. The standard InChI is InChI=1S/C23H14ClN5O3/c24-18-12-15(27-21(30)14-6-9-20(25-13-14)28-11-3-10-26-28)7-8-19(18)29-22(31)16-4-1-2-5-17(16)23(29)32/h1-13H,(H,27,30). The predicted molar refractivity (Wildman–Crippen MR) is 118 cm³/mol. The van der Waals surface area contributed by atoms with Crippen molar-refractivity contribution in [2.45, 2.75) is 0 Å². The maximum atomic E-state index is 12.7. The van der Waals surface area contributed by atoms with Crippen LogP contribution in [0.4, 0.5) is 11.4 Å². The molecule has 0 atom stereocenters. The van der Waals surface area contributed by atoms with Crippen molar-refractivity contribution in [1.29, 1.82) is 0 Å². The number of amides is 3. The summed E-state index contributed by atoms with van der Waals surface area (Å²) in [4.78, 5) is 43.2. The molecule has 156 valence electrons.